The predicted octanol–water partition coefficient (Wildman–Crippen LogP) is 2.38. The molecule has 0 fully saturated rings. The fourth-order valence-corrected chi connectivity index (χ4v) is 1.37. The summed E-state index contributed by atoms with van der Waals surface area (Å²) in [6, 6.07) is 6.04. The molecule has 4 heteroatoms. The lowest BCUT2D eigenvalue weighted by atomic mass is 10.2. The van der Waals surface area contributed by atoms with Crippen LogP contribution in [-0.4, -0.2) is 26.2 Å². The SMILES string of the molecule is C=C(CN(C)c1ccc(F)cc1)C(=O)OCC. The van der Waals surface area contributed by atoms with Crippen molar-refractivity contribution in [2.75, 3.05) is 25.1 Å². The van der Waals surface area contributed by atoms with Crippen LogP contribution in [0.15, 0.2) is 36.4 Å². The van der Waals surface area contributed by atoms with Crippen LogP contribution in [-0.2, 0) is 9.53 Å². The first-order valence-corrected chi connectivity index (χ1v) is 5.36. The van der Waals surface area contributed by atoms with E-state index in [2.05, 4.69) is 6.58 Å². The Kier molecular flexibility index (Phi) is 4.69. The second-order valence-electron chi connectivity index (χ2n) is 3.66. The van der Waals surface area contributed by atoms with E-state index < -0.39 is 5.97 Å². The molecule has 0 atom stereocenters. The third kappa shape index (κ3) is 3.90. The van der Waals surface area contributed by atoms with Gasteiger partial charge < -0.3 is 9.64 Å². The molecule has 0 amide bonds. The lowest BCUT2D eigenvalue weighted by molar-refractivity contribution is -0.138. The first kappa shape index (κ1) is 13.2. The van der Waals surface area contributed by atoms with Gasteiger partial charge in [-0.1, -0.05) is 6.58 Å². The van der Waals surface area contributed by atoms with Gasteiger partial charge in [-0.25, -0.2) is 9.18 Å². The van der Waals surface area contributed by atoms with Crippen LogP contribution in [0.2, 0.25) is 0 Å². The molecule has 0 aliphatic rings. The van der Waals surface area contributed by atoms with Crippen molar-refractivity contribution in [2.24, 2.45) is 0 Å². The molecular formula is C13H16FNO2. The number of carbonyl (C=O) groups is 1. The molecule has 1 aromatic rings. The summed E-state index contributed by atoms with van der Waals surface area (Å²) in [6.07, 6.45) is 0. The van der Waals surface area contributed by atoms with Gasteiger partial charge in [0.25, 0.3) is 0 Å². The summed E-state index contributed by atoms with van der Waals surface area (Å²) in [4.78, 5) is 13.2. The predicted molar refractivity (Wildman–Crippen MR) is 65.4 cm³/mol. The quantitative estimate of drug-likeness (QED) is 0.581. The molecule has 1 rings (SSSR count). The standard InChI is InChI=1S/C13H16FNO2/c1-4-17-13(16)10(2)9-15(3)12-7-5-11(14)6-8-12/h5-8H,2,4,9H2,1,3H3. The Morgan fingerprint density at radius 2 is 2.00 bits per heavy atom. The highest BCUT2D eigenvalue weighted by Crippen LogP contribution is 2.14. The Labute approximate surface area is 100 Å². The van der Waals surface area contributed by atoms with Crippen molar-refractivity contribution in [3.05, 3.63) is 42.2 Å². The lowest BCUT2D eigenvalue weighted by Gasteiger charge is -2.19. The maximum atomic E-state index is 12.7. The summed E-state index contributed by atoms with van der Waals surface area (Å²) in [7, 11) is 1.80. The molecule has 0 saturated carbocycles. The van der Waals surface area contributed by atoms with E-state index >= 15 is 0 Å². The summed E-state index contributed by atoms with van der Waals surface area (Å²) in [5.41, 5.74) is 1.19. The number of rotatable bonds is 5. The highest BCUT2D eigenvalue weighted by Gasteiger charge is 2.10. The molecule has 0 aliphatic carbocycles. The van der Waals surface area contributed by atoms with E-state index in [1.807, 2.05) is 0 Å². The van der Waals surface area contributed by atoms with Gasteiger partial charge in [0.1, 0.15) is 5.82 Å². The fraction of sp³-hybridized carbons (Fsp3) is 0.308. The van der Waals surface area contributed by atoms with Crippen molar-refractivity contribution in [2.45, 2.75) is 6.92 Å². The minimum Gasteiger partial charge on any atom is -0.463 e. The van der Waals surface area contributed by atoms with E-state index in [9.17, 15) is 9.18 Å². The van der Waals surface area contributed by atoms with Gasteiger partial charge in [0, 0.05) is 24.9 Å². The smallest absolute Gasteiger partial charge is 0.335 e. The summed E-state index contributed by atoms with van der Waals surface area (Å²) in [5.74, 6) is -0.687. The average molecular weight is 237 g/mol. The minimum absolute atomic E-state index is 0.286. The highest BCUT2D eigenvalue weighted by molar-refractivity contribution is 5.88. The van der Waals surface area contributed by atoms with Crippen molar-refractivity contribution in [3.63, 3.8) is 0 Å². The molecule has 0 heterocycles. The molecule has 0 spiro atoms. The Morgan fingerprint density at radius 1 is 1.41 bits per heavy atom. The molecule has 0 N–H and O–H groups in total. The summed E-state index contributed by atoms with van der Waals surface area (Å²) >= 11 is 0. The molecule has 0 aliphatic heterocycles. The normalized spacial score (nSPS) is 9.82. The number of benzene rings is 1. The van der Waals surface area contributed by atoms with Gasteiger partial charge in [-0.15, -0.1) is 0 Å². The number of anilines is 1. The molecule has 0 bridgehead atoms. The number of carbonyl (C=O) groups excluding carboxylic acids is 1. The van der Waals surface area contributed by atoms with Gasteiger partial charge in [-0.3, -0.25) is 0 Å². The van der Waals surface area contributed by atoms with E-state index in [0.717, 1.165) is 5.69 Å². The first-order chi connectivity index (χ1) is 8.04. The van der Waals surface area contributed by atoms with E-state index in [-0.39, 0.29) is 5.82 Å². The molecule has 0 saturated heterocycles. The molecule has 1 aromatic carbocycles. The van der Waals surface area contributed by atoms with Gasteiger partial charge in [-0.2, -0.15) is 0 Å². The van der Waals surface area contributed by atoms with E-state index in [1.54, 1.807) is 31.0 Å². The van der Waals surface area contributed by atoms with Gasteiger partial charge >= 0.3 is 5.97 Å². The molecular weight excluding hydrogens is 221 g/mol. The lowest BCUT2D eigenvalue weighted by Crippen LogP contribution is -2.24. The topological polar surface area (TPSA) is 29.5 Å². The second kappa shape index (κ2) is 6.03. The van der Waals surface area contributed by atoms with Crippen molar-refractivity contribution >= 4 is 11.7 Å². The van der Waals surface area contributed by atoms with Crippen LogP contribution in [0, 0.1) is 5.82 Å². The summed E-state index contributed by atoms with van der Waals surface area (Å²) in [5, 5.41) is 0. The van der Waals surface area contributed by atoms with Crippen LogP contribution >= 0.6 is 0 Å². The molecule has 92 valence electrons. The fourth-order valence-electron chi connectivity index (χ4n) is 1.37. The molecule has 0 unspecified atom stereocenters. The Balaban J connectivity index is 2.60. The number of likely N-dealkylation sites (N-methyl/N-ethyl adjacent to an activating group) is 1. The first-order valence-electron chi connectivity index (χ1n) is 5.36. The molecule has 0 aromatic heterocycles. The Morgan fingerprint density at radius 3 is 2.53 bits per heavy atom. The van der Waals surface area contributed by atoms with Crippen LogP contribution in [0.25, 0.3) is 0 Å². The Bertz CT molecular complexity index is 400. The third-order valence-corrected chi connectivity index (χ3v) is 2.26. The number of esters is 1. The monoisotopic (exact) mass is 237 g/mol. The zero-order valence-corrected chi connectivity index (χ0v) is 10.1. The van der Waals surface area contributed by atoms with Crippen molar-refractivity contribution in [1.29, 1.82) is 0 Å². The van der Waals surface area contributed by atoms with Gasteiger partial charge in [0.05, 0.1) is 6.61 Å². The number of hydrogen-bond acceptors (Lipinski definition) is 3. The van der Waals surface area contributed by atoms with Crippen LogP contribution < -0.4 is 4.90 Å². The zero-order chi connectivity index (χ0) is 12.8. The van der Waals surface area contributed by atoms with Crippen LogP contribution in [0.3, 0.4) is 0 Å². The van der Waals surface area contributed by atoms with Crippen molar-refractivity contribution in [1.82, 2.24) is 0 Å². The van der Waals surface area contributed by atoms with Gasteiger partial charge in [0.15, 0.2) is 0 Å². The molecule has 3 nitrogen and oxygen atoms in total. The number of halogens is 1. The number of nitrogens with zero attached hydrogens (tertiary/aromatic N) is 1. The highest BCUT2D eigenvalue weighted by atomic mass is 19.1. The van der Waals surface area contributed by atoms with Gasteiger partial charge in [-0.05, 0) is 31.2 Å². The van der Waals surface area contributed by atoms with E-state index in [4.69, 9.17) is 4.74 Å². The van der Waals surface area contributed by atoms with Crippen molar-refractivity contribution in [3.8, 4) is 0 Å². The van der Waals surface area contributed by atoms with Crippen molar-refractivity contribution < 1.29 is 13.9 Å². The van der Waals surface area contributed by atoms with Crippen LogP contribution in [0.5, 0.6) is 0 Å². The van der Waals surface area contributed by atoms with Gasteiger partial charge in [0.2, 0.25) is 0 Å². The van der Waals surface area contributed by atoms with Crippen LogP contribution in [0.4, 0.5) is 10.1 Å². The maximum absolute atomic E-state index is 12.7. The number of ether oxygens (including phenoxy) is 1. The van der Waals surface area contributed by atoms with E-state index in [1.165, 1.54) is 12.1 Å². The average Bonchev–Trinajstić information content (AvgIpc) is 2.30. The second-order valence-corrected chi connectivity index (χ2v) is 3.66. The number of hydrogen-bond donors (Lipinski definition) is 0. The van der Waals surface area contributed by atoms with Crippen LogP contribution in [0.1, 0.15) is 6.92 Å². The zero-order valence-electron chi connectivity index (χ0n) is 10.1. The Hall–Kier alpha value is -1.84. The minimum atomic E-state index is -0.401. The third-order valence-electron chi connectivity index (χ3n) is 2.26. The summed E-state index contributed by atoms with van der Waals surface area (Å²) < 4.78 is 17.6. The van der Waals surface area contributed by atoms with E-state index in [0.29, 0.717) is 18.7 Å². The molecule has 17 heavy (non-hydrogen) atoms. The maximum Gasteiger partial charge on any atom is 0.335 e. The molecule has 0 radical (unpaired) electrons. The summed E-state index contributed by atoms with van der Waals surface area (Å²) in [6.45, 7) is 6.09. The largest absolute Gasteiger partial charge is 0.463 e.